The number of benzene rings is 1. The Kier molecular flexibility index (Phi) is 4.74. The summed E-state index contributed by atoms with van der Waals surface area (Å²) in [7, 11) is 1.53. The Morgan fingerprint density at radius 1 is 1.53 bits per heavy atom. The van der Waals surface area contributed by atoms with Crippen LogP contribution in [-0.2, 0) is 11.3 Å². The smallest absolute Gasteiger partial charge is 0.237 e. The van der Waals surface area contributed by atoms with E-state index in [9.17, 15) is 9.18 Å². The van der Waals surface area contributed by atoms with Gasteiger partial charge in [0.05, 0.1) is 13.2 Å². The van der Waals surface area contributed by atoms with Gasteiger partial charge in [-0.1, -0.05) is 6.42 Å². The molecule has 1 saturated heterocycles. The van der Waals surface area contributed by atoms with Crippen molar-refractivity contribution in [3.63, 3.8) is 0 Å². The van der Waals surface area contributed by atoms with E-state index in [4.69, 9.17) is 4.74 Å². The Bertz CT molecular complexity index is 445. The number of rotatable bonds is 4. The minimum Gasteiger partial charge on any atom is -0.496 e. The summed E-state index contributed by atoms with van der Waals surface area (Å²) in [5.74, 6) is 0.213. The summed E-state index contributed by atoms with van der Waals surface area (Å²) in [5, 5.41) is 6.00. The predicted octanol–water partition coefficient (Wildman–Crippen LogP) is 1.59. The highest BCUT2D eigenvalue weighted by atomic mass is 19.1. The highest BCUT2D eigenvalue weighted by Crippen LogP contribution is 2.19. The van der Waals surface area contributed by atoms with E-state index < -0.39 is 0 Å². The molecule has 1 fully saturated rings. The van der Waals surface area contributed by atoms with Crippen molar-refractivity contribution in [3.8, 4) is 5.75 Å². The van der Waals surface area contributed by atoms with Crippen LogP contribution in [0.5, 0.6) is 5.75 Å². The molecule has 2 rings (SSSR count). The largest absolute Gasteiger partial charge is 0.496 e. The lowest BCUT2D eigenvalue weighted by Crippen LogP contribution is -2.46. The van der Waals surface area contributed by atoms with Crippen LogP contribution in [0, 0.1) is 5.82 Å². The number of carbonyl (C=O) groups excluding carboxylic acids is 1. The van der Waals surface area contributed by atoms with Crippen molar-refractivity contribution >= 4 is 5.91 Å². The van der Waals surface area contributed by atoms with Gasteiger partial charge in [0.1, 0.15) is 11.6 Å². The van der Waals surface area contributed by atoms with Crippen molar-refractivity contribution in [2.24, 2.45) is 0 Å². The average molecular weight is 266 g/mol. The number of hydrogen-bond donors (Lipinski definition) is 2. The van der Waals surface area contributed by atoms with Gasteiger partial charge in [-0.2, -0.15) is 0 Å². The van der Waals surface area contributed by atoms with Crippen LogP contribution in [0.4, 0.5) is 4.39 Å². The van der Waals surface area contributed by atoms with Crippen molar-refractivity contribution < 1.29 is 13.9 Å². The molecule has 0 aliphatic carbocycles. The summed E-state index contributed by atoms with van der Waals surface area (Å²) in [6.45, 7) is 1.15. The summed E-state index contributed by atoms with van der Waals surface area (Å²) in [5.41, 5.74) is 0.645. The molecule has 1 amide bonds. The van der Waals surface area contributed by atoms with Gasteiger partial charge in [0.15, 0.2) is 0 Å². The first-order valence-corrected chi connectivity index (χ1v) is 6.54. The molecule has 1 aromatic carbocycles. The lowest BCUT2D eigenvalue weighted by Gasteiger charge is -2.22. The molecule has 1 aromatic rings. The summed E-state index contributed by atoms with van der Waals surface area (Å²) in [4.78, 5) is 11.9. The highest BCUT2D eigenvalue weighted by molar-refractivity contribution is 5.81. The standard InChI is InChI=1S/C14H19FN2O2/c1-19-13-6-5-11(15)8-10(13)9-17-14(18)12-4-2-3-7-16-12/h5-6,8,12,16H,2-4,7,9H2,1H3,(H,17,18). The van der Waals surface area contributed by atoms with Crippen molar-refractivity contribution in [1.29, 1.82) is 0 Å². The molecule has 2 N–H and O–H groups in total. The summed E-state index contributed by atoms with van der Waals surface area (Å²) < 4.78 is 18.3. The molecule has 0 aromatic heterocycles. The molecule has 5 heteroatoms. The minimum absolute atomic E-state index is 0.0361. The second-order valence-electron chi connectivity index (χ2n) is 4.68. The van der Waals surface area contributed by atoms with Gasteiger partial charge in [0.2, 0.25) is 5.91 Å². The van der Waals surface area contributed by atoms with Crippen LogP contribution >= 0.6 is 0 Å². The van der Waals surface area contributed by atoms with Gasteiger partial charge >= 0.3 is 0 Å². The molecule has 0 saturated carbocycles. The molecular weight excluding hydrogens is 247 g/mol. The van der Waals surface area contributed by atoms with Crippen molar-refractivity contribution in [2.75, 3.05) is 13.7 Å². The van der Waals surface area contributed by atoms with E-state index in [0.717, 1.165) is 25.8 Å². The number of nitrogens with one attached hydrogen (secondary N) is 2. The second kappa shape index (κ2) is 6.52. The maximum atomic E-state index is 13.2. The second-order valence-corrected chi connectivity index (χ2v) is 4.68. The Hall–Kier alpha value is -1.62. The van der Waals surface area contributed by atoms with E-state index in [2.05, 4.69) is 10.6 Å². The van der Waals surface area contributed by atoms with Crippen LogP contribution in [0.25, 0.3) is 0 Å². The van der Waals surface area contributed by atoms with Crippen LogP contribution in [0.15, 0.2) is 18.2 Å². The fourth-order valence-corrected chi connectivity index (χ4v) is 2.27. The lowest BCUT2D eigenvalue weighted by molar-refractivity contribution is -0.123. The van der Waals surface area contributed by atoms with E-state index in [1.807, 2.05) is 0 Å². The maximum absolute atomic E-state index is 13.2. The predicted molar refractivity (Wildman–Crippen MR) is 70.4 cm³/mol. The fraction of sp³-hybridized carbons (Fsp3) is 0.500. The normalized spacial score (nSPS) is 18.9. The summed E-state index contributed by atoms with van der Waals surface area (Å²) in [6.07, 6.45) is 3.03. The van der Waals surface area contributed by atoms with E-state index in [1.54, 1.807) is 6.07 Å². The van der Waals surface area contributed by atoms with Crippen LogP contribution in [0.1, 0.15) is 24.8 Å². The van der Waals surface area contributed by atoms with Gasteiger partial charge in [-0.05, 0) is 37.6 Å². The van der Waals surface area contributed by atoms with E-state index in [-0.39, 0.29) is 24.3 Å². The number of methoxy groups -OCH3 is 1. The Morgan fingerprint density at radius 2 is 2.37 bits per heavy atom. The van der Waals surface area contributed by atoms with E-state index in [0.29, 0.717) is 11.3 Å². The molecule has 104 valence electrons. The topological polar surface area (TPSA) is 50.4 Å². The number of hydrogen-bond acceptors (Lipinski definition) is 3. The summed E-state index contributed by atoms with van der Waals surface area (Å²) in [6, 6.07) is 4.16. The van der Waals surface area contributed by atoms with Gasteiger partial charge in [0.25, 0.3) is 0 Å². The third-order valence-corrected chi connectivity index (χ3v) is 3.32. The zero-order chi connectivity index (χ0) is 13.7. The van der Waals surface area contributed by atoms with Gasteiger partial charge in [-0.15, -0.1) is 0 Å². The van der Waals surface area contributed by atoms with Crippen LogP contribution in [0.3, 0.4) is 0 Å². The molecule has 1 aliphatic heterocycles. The molecule has 0 bridgehead atoms. The number of carbonyl (C=O) groups is 1. The van der Waals surface area contributed by atoms with Gasteiger partial charge in [-0.3, -0.25) is 4.79 Å². The third-order valence-electron chi connectivity index (χ3n) is 3.32. The highest BCUT2D eigenvalue weighted by Gasteiger charge is 2.20. The quantitative estimate of drug-likeness (QED) is 0.870. The van der Waals surface area contributed by atoms with Crippen LogP contribution < -0.4 is 15.4 Å². The van der Waals surface area contributed by atoms with Gasteiger partial charge in [0, 0.05) is 12.1 Å². The average Bonchev–Trinajstić information content (AvgIpc) is 2.46. The van der Waals surface area contributed by atoms with E-state index >= 15 is 0 Å². The molecular formula is C14H19FN2O2. The number of halogens is 1. The molecule has 1 atom stereocenters. The molecule has 1 unspecified atom stereocenters. The molecule has 1 heterocycles. The summed E-state index contributed by atoms with van der Waals surface area (Å²) >= 11 is 0. The lowest BCUT2D eigenvalue weighted by atomic mass is 10.0. The zero-order valence-corrected chi connectivity index (χ0v) is 11.0. The van der Waals surface area contributed by atoms with Crippen molar-refractivity contribution in [3.05, 3.63) is 29.6 Å². The Balaban J connectivity index is 1.94. The molecule has 4 nitrogen and oxygen atoms in total. The van der Waals surface area contributed by atoms with Gasteiger partial charge < -0.3 is 15.4 Å². The zero-order valence-electron chi connectivity index (χ0n) is 11.0. The molecule has 19 heavy (non-hydrogen) atoms. The number of amides is 1. The van der Waals surface area contributed by atoms with Crippen molar-refractivity contribution in [1.82, 2.24) is 10.6 Å². The minimum atomic E-state index is -0.333. The Morgan fingerprint density at radius 3 is 3.05 bits per heavy atom. The Labute approximate surface area is 112 Å². The first-order valence-electron chi connectivity index (χ1n) is 6.54. The molecule has 0 radical (unpaired) electrons. The first kappa shape index (κ1) is 13.8. The maximum Gasteiger partial charge on any atom is 0.237 e. The fourth-order valence-electron chi connectivity index (χ4n) is 2.27. The number of ether oxygens (including phenoxy) is 1. The van der Waals surface area contributed by atoms with Gasteiger partial charge in [-0.25, -0.2) is 4.39 Å². The van der Waals surface area contributed by atoms with Crippen LogP contribution in [-0.4, -0.2) is 25.6 Å². The van der Waals surface area contributed by atoms with E-state index in [1.165, 1.54) is 19.2 Å². The van der Waals surface area contributed by atoms with Crippen LogP contribution in [0.2, 0.25) is 0 Å². The number of piperidine rings is 1. The monoisotopic (exact) mass is 266 g/mol. The van der Waals surface area contributed by atoms with Crippen molar-refractivity contribution in [2.45, 2.75) is 31.8 Å². The third kappa shape index (κ3) is 3.67. The molecule has 0 spiro atoms. The SMILES string of the molecule is COc1ccc(F)cc1CNC(=O)C1CCCCN1. The first-order chi connectivity index (χ1) is 9.20. The molecule has 1 aliphatic rings.